The van der Waals surface area contributed by atoms with E-state index in [1.165, 1.54) is 0 Å². The fourth-order valence-corrected chi connectivity index (χ4v) is 1.40. The van der Waals surface area contributed by atoms with Gasteiger partial charge in [-0.15, -0.1) is 0 Å². The summed E-state index contributed by atoms with van der Waals surface area (Å²) in [5.74, 6) is -1.76. The summed E-state index contributed by atoms with van der Waals surface area (Å²) >= 11 is 2.54. The summed E-state index contributed by atoms with van der Waals surface area (Å²) in [6.07, 6.45) is -4.77. The number of aromatic hydroxyl groups is 1. The average Bonchev–Trinajstić information content (AvgIpc) is 2.10. The third-order valence-electron chi connectivity index (χ3n) is 1.60. The molecule has 0 saturated heterocycles. The number of hydrogen-bond acceptors (Lipinski definition) is 2. The maximum Gasteiger partial charge on any atom is 0.420 e. The molecule has 0 aliphatic carbocycles. The second-order valence-corrected chi connectivity index (χ2v) is 3.44. The lowest BCUT2D eigenvalue weighted by Gasteiger charge is -2.13. The number of alkyl halides is 5. The molecule has 1 N–H and O–H groups in total. The Morgan fingerprint density at radius 2 is 1.81 bits per heavy atom. The number of benzene rings is 1. The highest BCUT2D eigenvalue weighted by Crippen LogP contribution is 2.43. The molecule has 0 atom stereocenters. The van der Waals surface area contributed by atoms with Crippen LogP contribution >= 0.6 is 15.9 Å². The fraction of sp³-hybridized carbons (Fsp3) is 0.250. The van der Waals surface area contributed by atoms with Crippen molar-refractivity contribution in [1.29, 1.82) is 0 Å². The smallest absolute Gasteiger partial charge is 0.420 e. The fourth-order valence-electron chi connectivity index (χ4n) is 0.962. The van der Waals surface area contributed by atoms with E-state index < -0.39 is 34.3 Å². The van der Waals surface area contributed by atoms with E-state index in [-0.39, 0.29) is 0 Å². The third-order valence-corrected chi connectivity index (χ3v) is 2.37. The minimum Gasteiger partial charge on any atom is -0.506 e. The lowest BCUT2D eigenvalue weighted by molar-refractivity contribution is -0.138. The van der Waals surface area contributed by atoms with Crippen molar-refractivity contribution in [2.45, 2.75) is 12.8 Å². The van der Waals surface area contributed by atoms with E-state index in [9.17, 15) is 22.0 Å². The average molecular weight is 307 g/mol. The second kappa shape index (κ2) is 4.44. The Morgan fingerprint density at radius 3 is 2.25 bits per heavy atom. The summed E-state index contributed by atoms with van der Waals surface area (Å²) in [6.45, 7) is -3.19. The van der Waals surface area contributed by atoms with E-state index >= 15 is 0 Å². The van der Waals surface area contributed by atoms with Crippen LogP contribution in [0.1, 0.15) is 5.56 Å². The topological polar surface area (TPSA) is 29.5 Å². The van der Waals surface area contributed by atoms with Crippen LogP contribution in [0.25, 0.3) is 0 Å². The molecule has 1 aromatic carbocycles. The standard InChI is InChI=1S/C8H4BrF5O2/c9-5-4(16-7(10)11)2-1-3(6(5)15)8(12,13)14/h1-2,7,15H. The molecule has 0 saturated carbocycles. The lowest BCUT2D eigenvalue weighted by atomic mass is 10.2. The summed E-state index contributed by atoms with van der Waals surface area (Å²) in [7, 11) is 0. The summed E-state index contributed by atoms with van der Waals surface area (Å²) < 4.78 is 63.7. The second-order valence-electron chi connectivity index (χ2n) is 2.65. The van der Waals surface area contributed by atoms with Crippen LogP contribution in [0.5, 0.6) is 11.5 Å². The molecule has 0 spiro atoms. The molecule has 1 rings (SSSR count). The molecule has 0 aliphatic heterocycles. The molecular formula is C8H4BrF5O2. The molecular weight excluding hydrogens is 303 g/mol. The van der Waals surface area contributed by atoms with E-state index in [2.05, 4.69) is 20.7 Å². The van der Waals surface area contributed by atoms with Crippen LogP contribution < -0.4 is 4.74 Å². The van der Waals surface area contributed by atoms with Crippen molar-refractivity contribution in [3.05, 3.63) is 22.2 Å². The number of rotatable bonds is 2. The molecule has 90 valence electrons. The zero-order chi connectivity index (χ0) is 12.5. The molecule has 16 heavy (non-hydrogen) atoms. The van der Waals surface area contributed by atoms with Crippen molar-refractivity contribution in [2.75, 3.05) is 0 Å². The van der Waals surface area contributed by atoms with E-state index in [1.54, 1.807) is 0 Å². The number of phenols is 1. The van der Waals surface area contributed by atoms with Gasteiger partial charge in [0.05, 0.1) is 5.56 Å². The third kappa shape index (κ3) is 2.75. The number of ether oxygens (including phenoxy) is 1. The summed E-state index contributed by atoms with van der Waals surface area (Å²) in [4.78, 5) is 0. The molecule has 0 aromatic heterocycles. The van der Waals surface area contributed by atoms with Gasteiger partial charge < -0.3 is 9.84 Å². The first-order valence-electron chi connectivity index (χ1n) is 3.77. The van der Waals surface area contributed by atoms with Crippen LogP contribution in [-0.2, 0) is 6.18 Å². The van der Waals surface area contributed by atoms with Crippen LogP contribution in [0.4, 0.5) is 22.0 Å². The van der Waals surface area contributed by atoms with Gasteiger partial charge >= 0.3 is 12.8 Å². The minimum absolute atomic E-state index is 0.456. The molecule has 0 aliphatic rings. The van der Waals surface area contributed by atoms with Crippen LogP contribution in [0.15, 0.2) is 16.6 Å². The Labute approximate surface area is 94.8 Å². The monoisotopic (exact) mass is 306 g/mol. The van der Waals surface area contributed by atoms with E-state index in [0.29, 0.717) is 12.1 Å². The first-order chi connectivity index (χ1) is 7.23. The Hall–Kier alpha value is -1.05. The molecule has 0 heterocycles. The van der Waals surface area contributed by atoms with Gasteiger partial charge in [0.25, 0.3) is 0 Å². The molecule has 0 unspecified atom stereocenters. The zero-order valence-corrected chi connectivity index (χ0v) is 8.94. The van der Waals surface area contributed by atoms with E-state index in [0.717, 1.165) is 0 Å². The van der Waals surface area contributed by atoms with Gasteiger partial charge in [-0.2, -0.15) is 22.0 Å². The quantitative estimate of drug-likeness (QED) is 0.843. The highest BCUT2D eigenvalue weighted by atomic mass is 79.9. The highest BCUT2D eigenvalue weighted by molar-refractivity contribution is 9.10. The zero-order valence-electron chi connectivity index (χ0n) is 7.36. The summed E-state index contributed by atoms with van der Waals surface area (Å²) in [6, 6.07) is 1.15. The van der Waals surface area contributed by atoms with Crippen molar-refractivity contribution in [3.63, 3.8) is 0 Å². The predicted molar refractivity (Wildman–Crippen MR) is 47.4 cm³/mol. The maximum atomic E-state index is 12.3. The van der Waals surface area contributed by atoms with Crippen molar-refractivity contribution < 1.29 is 31.8 Å². The van der Waals surface area contributed by atoms with Crippen molar-refractivity contribution in [1.82, 2.24) is 0 Å². The SMILES string of the molecule is Oc1c(C(F)(F)F)ccc(OC(F)F)c1Br. The largest absolute Gasteiger partial charge is 0.506 e. The number of hydrogen-bond donors (Lipinski definition) is 1. The molecule has 1 aromatic rings. The summed E-state index contributed by atoms with van der Waals surface area (Å²) in [5.41, 5.74) is -1.33. The van der Waals surface area contributed by atoms with E-state index in [4.69, 9.17) is 5.11 Å². The Morgan fingerprint density at radius 1 is 1.25 bits per heavy atom. The highest BCUT2D eigenvalue weighted by Gasteiger charge is 2.35. The first-order valence-corrected chi connectivity index (χ1v) is 4.56. The first kappa shape index (κ1) is 13.0. The number of phenolic OH excluding ortho intramolecular Hbond substituents is 1. The van der Waals surface area contributed by atoms with Gasteiger partial charge in [-0.3, -0.25) is 0 Å². The van der Waals surface area contributed by atoms with Crippen LogP contribution in [-0.4, -0.2) is 11.7 Å². The van der Waals surface area contributed by atoms with Gasteiger partial charge in [0, 0.05) is 0 Å². The van der Waals surface area contributed by atoms with Gasteiger partial charge in [-0.25, -0.2) is 0 Å². The lowest BCUT2D eigenvalue weighted by Crippen LogP contribution is -2.07. The van der Waals surface area contributed by atoms with Gasteiger partial charge in [-0.1, -0.05) is 0 Å². The van der Waals surface area contributed by atoms with Gasteiger partial charge in [-0.05, 0) is 28.1 Å². The van der Waals surface area contributed by atoms with Crippen molar-refractivity contribution in [2.24, 2.45) is 0 Å². The summed E-state index contributed by atoms with van der Waals surface area (Å²) in [5, 5.41) is 9.14. The minimum atomic E-state index is -4.77. The van der Waals surface area contributed by atoms with Crippen LogP contribution in [0, 0.1) is 0 Å². The van der Waals surface area contributed by atoms with Gasteiger partial charge in [0.15, 0.2) is 0 Å². The Kier molecular flexibility index (Phi) is 3.61. The maximum absolute atomic E-state index is 12.3. The van der Waals surface area contributed by atoms with E-state index in [1.807, 2.05) is 0 Å². The number of halogens is 6. The van der Waals surface area contributed by atoms with Crippen molar-refractivity contribution >= 4 is 15.9 Å². The molecule has 0 radical (unpaired) electrons. The van der Waals surface area contributed by atoms with Gasteiger partial charge in [0.2, 0.25) is 0 Å². The van der Waals surface area contributed by atoms with Gasteiger partial charge in [0.1, 0.15) is 16.0 Å². The van der Waals surface area contributed by atoms with Crippen molar-refractivity contribution in [3.8, 4) is 11.5 Å². The molecule has 8 heteroatoms. The predicted octanol–water partition coefficient (Wildman–Crippen LogP) is 3.77. The van der Waals surface area contributed by atoms with Crippen LogP contribution in [0.3, 0.4) is 0 Å². The molecule has 0 bridgehead atoms. The Balaban J connectivity index is 3.19. The Bertz CT molecular complexity index is 391. The molecule has 0 fully saturated rings. The normalized spacial score (nSPS) is 11.9. The molecule has 2 nitrogen and oxygen atoms in total. The van der Waals surface area contributed by atoms with Crippen LogP contribution in [0.2, 0.25) is 0 Å². The molecule has 0 amide bonds.